The maximum atomic E-state index is 8.34. The Hall–Kier alpha value is -0.955. The molecule has 3 heteroatoms. The molecule has 0 aromatic rings. The molecule has 8 heavy (non-hydrogen) atoms. The second-order valence-electron chi connectivity index (χ2n) is 2.20. The zero-order valence-electron chi connectivity index (χ0n) is 5.18. The quantitative estimate of drug-likeness (QED) is 0.472. The van der Waals surface area contributed by atoms with Crippen molar-refractivity contribution in [1.29, 1.82) is 10.5 Å². The van der Waals surface area contributed by atoms with E-state index in [1.165, 1.54) is 0 Å². The van der Waals surface area contributed by atoms with E-state index in [0.29, 0.717) is 6.32 Å². The highest BCUT2D eigenvalue weighted by Gasteiger charge is 2.13. The van der Waals surface area contributed by atoms with Gasteiger partial charge in [-0.1, -0.05) is 6.92 Å². The van der Waals surface area contributed by atoms with Crippen LogP contribution in [-0.2, 0) is 0 Å². The lowest BCUT2D eigenvalue weighted by Crippen LogP contribution is -2.24. The number of nitrogens with zero attached hydrogens (tertiary/aromatic N) is 2. The van der Waals surface area contributed by atoms with Crippen LogP contribution in [0.4, 0.5) is 0 Å². The van der Waals surface area contributed by atoms with Gasteiger partial charge in [-0.15, -0.1) is 11.9 Å². The molecule has 0 bridgehead atoms. The second-order valence-corrected chi connectivity index (χ2v) is 2.20. The van der Waals surface area contributed by atoms with Crippen LogP contribution in [0.1, 0.15) is 6.92 Å². The fourth-order valence-electron chi connectivity index (χ4n) is 0.211. The van der Waals surface area contributed by atoms with Gasteiger partial charge in [0.2, 0.25) is 6.15 Å². The van der Waals surface area contributed by atoms with Crippen LogP contribution < -0.4 is 0 Å². The molecule has 0 heterocycles. The maximum Gasteiger partial charge on any atom is 0.203 e. The largest absolute Gasteiger partial charge is 0.248 e. The van der Waals surface area contributed by atoms with Gasteiger partial charge in [0.05, 0.1) is 0 Å². The molecular formula is C5H8BN2-. The van der Waals surface area contributed by atoms with Gasteiger partial charge in [-0.05, 0) is 0 Å². The van der Waals surface area contributed by atoms with Gasteiger partial charge < -0.3 is 0 Å². The minimum atomic E-state index is -1.35. The van der Waals surface area contributed by atoms with Crippen molar-refractivity contribution in [2.24, 2.45) is 0 Å². The summed E-state index contributed by atoms with van der Waals surface area (Å²) in [6, 6.07) is 0. The lowest BCUT2D eigenvalue weighted by Gasteiger charge is -2.11. The Balaban J connectivity index is 4.11. The van der Waals surface area contributed by atoms with Crippen molar-refractivity contribution < 1.29 is 0 Å². The van der Waals surface area contributed by atoms with Crippen molar-refractivity contribution in [3.8, 4) is 11.9 Å². The predicted molar refractivity (Wildman–Crippen MR) is 33.3 cm³/mol. The predicted octanol–water partition coefficient (Wildman–Crippen LogP) is 1.21. The summed E-state index contributed by atoms with van der Waals surface area (Å²) in [5, 5.41) is 16.7. The van der Waals surface area contributed by atoms with Gasteiger partial charge in [0, 0.05) is 0 Å². The summed E-state index contributed by atoms with van der Waals surface area (Å²) in [7, 11) is 0. The van der Waals surface area contributed by atoms with Crippen LogP contribution >= 0.6 is 0 Å². The summed E-state index contributed by atoms with van der Waals surface area (Å²) in [4.78, 5) is 0. The third-order valence-corrected chi connectivity index (χ3v) is 1.39. The fourth-order valence-corrected chi connectivity index (χ4v) is 0.211. The van der Waals surface area contributed by atoms with Crippen LogP contribution in [0.3, 0.4) is 0 Å². The first kappa shape index (κ1) is 7.04. The van der Waals surface area contributed by atoms with Gasteiger partial charge in [-0.25, -0.2) is 10.5 Å². The molecule has 0 rings (SSSR count). The Morgan fingerprint density at radius 3 is 1.75 bits per heavy atom. The zero-order valence-corrected chi connectivity index (χ0v) is 5.18. The third-order valence-electron chi connectivity index (χ3n) is 1.39. The summed E-state index contributed by atoms with van der Waals surface area (Å²) < 4.78 is 0. The molecule has 0 spiro atoms. The monoisotopic (exact) mass is 107 g/mol. The van der Waals surface area contributed by atoms with E-state index in [1.54, 1.807) is 6.82 Å². The Morgan fingerprint density at radius 2 is 1.75 bits per heavy atom. The number of nitriles is 2. The van der Waals surface area contributed by atoms with Gasteiger partial charge in [0.1, 0.15) is 0 Å². The first-order chi connectivity index (χ1) is 3.68. The maximum absolute atomic E-state index is 8.34. The zero-order chi connectivity index (χ0) is 6.62. The van der Waals surface area contributed by atoms with E-state index in [0.717, 1.165) is 0 Å². The van der Waals surface area contributed by atoms with Crippen molar-refractivity contribution in [2.75, 3.05) is 0 Å². The van der Waals surface area contributed by atoms with Crippen molar-refractivity contribution in [1.82, 2.24) is 0 Å². The summed E-state index contributed by atoms with van der Waals surface area (Å²) in [6.45, 7) is 3.55. The van der Waals surface area contributed by atoms with E-state index in [1.807, 2.05) is 18.9 Å². The summed E-state index contributed by atoms with van der Waals surface area (Å²) in [5.74, 6) is 3.96. The number of rotatable bonds is 1. The number of hydrogen-bond acceptors (Lipinski definition) is 2. The molecule has 0 fully saturated rings. The molecule has 42 valence electrons. The first-order valence-electron chi connectivity index (χ1n) is 2.72. The molecule has 0 aromatic carbocycles. The Labute approximate surface area is 49.6 Å². The molecule has 2 nitrogen and oxygen atoms in total. The van der Waals surface area contributed by atoms with Gasteiger partial charge in [-0.3, -0.25) is 0 Å². The highest BCUT2D eigenvalue weighted by Crippen LogP contribution is 2.03. The van der Waals surface area contributed by atoms with Crippen LogP contribution in [0.5, 0.6) is 0 Å². The average molecular weight is 107 g/mol. The molecule has 0 aliphatic carbocycles. The molecule has 0 aliphatic heterocycles. The third kappa shape index (κ3) is 1.28. The SMILES string of the molecule is CC[B-](C)(C#N)C#N. The van der Waals surface area contributed by atoms with Crippen LogP contribution in [0, 0.1) is 22.5 Å². The molecular weight excluding hydrogens is 98.9 g/mol. The van der Waals surface area contributed by atoms with Crippen molar-refractivity contribution in [3.05, 3.63) is 0 Å². The van der Waals surface area contributed by atoms with E-state index in [4.69, 9.17) is 10.5 Å². The molecule has 0 atom stereocenters. The Morgan fingerprint density at radius 1 is 1.38 bits per heavy atom. The summed E-state index contributed by atoms with van der Waals surface area (Å²) >= 11 is 0. The average Bonchev–Trinajstić information content (AvgIpc) is 1.87. The Kier molecular flexibility index (Phi) is 2.09. The molecule has 0 saturated carbocycles. The van der Waals surface area contributed by atoms with E-state index >= 15 is 0 Å². The first-order valence-corrected chi connectivity index (χ1v) is 2.72. The molecule has 0 amide bonds. The van der Waals surface area contributed by atoms with E-state index in [9.17, 15) is 0 Å². The number of hydrogen-bond donors (Lipinski definition) is 0. The highest BCUT2D eigenvalue weighted by molar-refractivity contribution is 6.92. The van der Waals surface area contributed by atoms with Gasteiger partial charge in [0.25, 0.3) is 0 Å². The van der Waals surface area contributed by atoms with E-state index < -0.39 is 6.15 Å². The molecule has 0 radical (unpaired) electrons. The van der Waals surface area contributed by atoms with E-state index in [-0.39, 0.29) is 0 Å². The lowest BCUT2D eigenvalue weighted by molar-refractivity contribution is 1.38. The van der Waals surface area contributed by atoms with Crippen molar-refractivity contribution in [2.45, 2.75) is 20.1 Å². The van der Waals surface area contributed by atoms with Crippen LogP contribution in [-0.4, -0.2) is 6.15 Å². The Bertz CT molecular complexity index is 137. The van der Waals surface area contributed by atoms with Gasteiger partial charge >= 0.3 is 0 Å². The summed E-state index contributed by atoms with van der Waals surface area (Å²) in [6.07, 6.45) is -0.688. The van der Waals surface area contributed by atoms with Crippen molar-refractivity contribution in [3.63, 3.8) is 0 Å². The van der Waals surface area contributed by atoms with Gasteiger partial charge in [-0.2, -0.15) is 13.1 Å². The van der Waals surface area contributed by atoms with E-state index in [2.05, 4.69) is 0 Å². The second kappa shape index (κ2) is 2.38. The summed E-state index contributed by atoms with van der Waals surface area (Å²) in [5.41, 5.74) is 0. The van der Waals surface area contributed by atoms with Crippen molar-refractivity contribution >= 4 is 6.15 Å². The molecule has 0 aromatic heterocycles. The minimum absolute atomic E-state index is 0.660. The molecule has 0 aliphatic rings. The highest BCUT2D eigenvalue weighted by atomic mass is 14.2. The molecule has 0 saturated heterocycles. The topological polar surface area (TPSA) is 47.6 Å². The fraction of sp³-hybridized carbons (Fsp3) is 0.600. The smallest absolute Gasteiger partial charge is 0.203 e. The molecule has 0 N–H and O–H groups in total. The van der Waals surface area contributed by atoms with Crippen LogP contribution in [0.15, 0.2) is 0 Å². The lowest BCUT2D eigenvalue weighted by atomic mass is 9.28. The minimum Gasteiger partial charge on any atom is -0.248 e. The molecule has 0 unspecified atom stereocenters. The standard InChI is InChI=1S/C5H8BN2/c1-3-6(2,4-7)5-8/h3H2,1-2H3/q-1. The van der Waals surface area contributed by atoms with Gasteiger partial charge in [0.15, 0.2) is 0 Å². The van der Waals surface area contributed by atoms with Crippen LogP contribution in [0.25, 0.3) is 0 Å². The normalized spacial score (nSPS) is 9.50. The van der Waals surface area contributed by atoms with Crippen LogP contribution in [0.2, 0.25) is 13.1 Å².